The number of carbonyl (C=O) groups is 4. The molecule has 1 aliphatic carbocycles. The average molecular weight is 449 g/mol. The number of carbonyl (C=O) groups excluding carboxylic acids is 4. The van der Waals surface area contributed by atoms with E-state index in [1.807, 2.05) is 6.07 Å². The topological polar surface area (TPSA) is 129 Å². The molecule has 0 radical (unpaired) electrons. The lowest BCUT2D eigenvalue weighted by molar-refractivity contribution is -0.268. The molecule has 1 saturated carbocycles. The van der Waals surface area contributed by atoms with E-state index >= 15 is 0 Å². The van der Waals surface area contributed by atoms with Gasteiger partial charge in [0.05, 0.1) is 31.4 Å². The molecule has 10 nitrogen and oxygen atoms in total. The molecule has 0 spiro atoms. The van der Waals surface area contributed by atoms with Gasteiger partial charge >= 0.3 is 17.9 Å². The fraction of sp³-hybridized carbons (Fsp3) is 0.545. The van der Waals surface area contributed by atoms with E-state index in [0.29, 0.717) is 5.69 Å². The molecule has 1 amide bonds. The van der Waals surface area contributed by atoms with Crippen LogP contribution in [-0.2, 0) is 38.1 Å². The molecule has 1 aromatic carbocycles. The van der Waals surface area contributed by atoms with E-state index in [2.05, 4.69) is 0 Å². The Hall–Kier alpha value is -2.98. The van der Waals surface area contributed by atoms with Gasteiger partial charge in [-0.2, -0.15) is 0 Å². The first-order valence-electron chi connectivity index (χ1n) is 10.3. The Morgan fingerprint density at radius 1 is 1.19 bits per heavy atom. The third kappa shape index (κ3) is 3.95. The average Bonchev–Trinajstić information content (AvgIpc) is 3.20. The standard InChI is InChI=1S/C20H21NO8.C2H6O/c1-10(22)27-17-15-13-14(19(25)26-3)16(17)29-20(15,28-11(2)23)9-21(18(13)24)12-7-5-4-6-8-12;1-2-3/h4-8,13-17H,9H2,1-3H3;3H,2H2,1H3/t13-,14+,15-,16+,17-,20-;/m1./s1. The van der Waals surface area contributed by atoms with Crippen LogP contribution in [0.3, 0.4) is 0 Å². The zero-order valence-electron chi connectivity index (χ0n) is 18.3. The van der Waals surface area contributed by atoms with Gasteiger partial charge in [-0.05, 0) is 19.1 Å². The van der Waals surface area contributed by atoms with Gasteiger partial charge in [0, 0.05) is 26.1 Å². The first-order chi connectivity index (χ1) is 15.2. The fourth-order valence-corrected chi connectivity index (χ4v) is 4.88. The van der Waals surface area contributed by atoms with Gasteiger partial charge in [0.1, 0.15) is 12.2 Å². The van der Waals surface area contributed by atoms with Crippen molar-refractivity contribution in [3.63, 3.8) is 0 Å². The van der Waals surface area contributed by atoms with Crippen molar-refractivity contribution in [3.8, 4) is 0 Å². The van der Waals surface area contributed by atoms with Crippen molar-refractivity contribution in [2.75, 3.05) is 25.2 Å². The van der Waals surface area contributed by atoms with E-state index in [9.17, 15) is 19.2 Å². The number of hydrogen-bond donors (Lipinski definition) is 1. The molecule has 2 saturated heterocycles. The van der Waals surface area contributed by atoms with Crippen molar-refractivity contribution >= 4 is 29.5 Å². The van der Waals surface area contributed by atoms with Gasteiger partial charge in [0.25, 0.3) is 0 Å². The maximum absolute atomic E-state index is 13.4. The molecular formula is C22H27NO9. The summed E-state index contributed by atoms with van der Waals surface area (Å²) in [6.07, 6.45) is -1.84. The molecule has 0 aromatic heterocycles. The number of benzene rings is 1. The van der Waals surface area contributed by atoms with Crippen molar-refractivity contribution < 1.29 is 43.2 Å². The zero-order chi connectivity index (χ0) is 23.6. The summed E-state index contributed by atoms with van der Waals surface area (Å²) in [6, 6.07) is 8.82. The van der Waals surface area contributed by atoms with Crippen LogP contribution in [0, 0.1) is 17.8 Å². The van der Waals surface area contributed by atoms with Gasteiger partial charge in [-0.15, -0.1) is 0 Å². The molecule has 10 heteroatoms. The number of nitrogens with zero attached hydrogens (tertiary/aromatic N) is 1. The predicted octanol–water partition coefficient (Wildman–Crippen LogP) is 0.657. The van der Waals surface area contributed by atoms with Gasteiger partial charge in [-0.3, -0.25) is 19.2 Å². The Bertz CT molecular complexity index is 889. The van der Waals surface area contributed by atoms with Crippen LogP contribution in [0.5, 0.6) is 0 Å². The molecular weight excluding hydrogens is 422 g/mol. The third-order valence-corrected chi connectivity index (χ3v) is 5.74. The minimum Gasteiger partial charge on any atom is -0.469 e. The summed E-state index contributed by atoms with van der Waals surface area (Å²) in [7, 11) is 1.22. The molecule has 2 heterocycles. The number of esters is 3. The molecule has 1 aromatic rings. The summed E-state index contributed by atoms with van der Waals surface area (Å²) >= 11 is 0. The van der Waals surface area contributed by atoms with E-state index in [0.717, 1.165) is 0 Å². The van der Waals surface area contributed by atoms with Crippen molar-refractivity contribution in [2.45, 2.75) is 38.8 Å². The molecule has 3 aliphatic rings. The number of aliphatic hydroxyl groups excluding tert-OH is 1. The van der Waals surface area contributed by atoms with Crippen molar-refractivity contribution in [1.29, 1.82) is 0 Å². The normalized spacial score (nSPS) is 32.0. The quantitative estimate of drug-likeness (QED) is 0.520. The van der Waals surface area contributed by atoms with E-state index in [1.165, 1.54) is 25.9 Å². The molecule has 3 fully saturated rings. The highest BCUT2D eigenvalue weighted by molar-refractivity contribution is 6.00. The number of aliphatic hydroxyl groups is 1. The number of fused-ring (bicyclic) bond motifs is 1. The maximum atomic E-state index is 13.4. The molecule has 0 unspecified atom stereocenters. The van der Waals surface area contributed by atoms with Gasteiger partial charge in [0.15, 0.2) is 0 Å². The van der Waals surface area contributed by atoms with Crippen LogP contribution in [0.1, 0.15) is 20.8 Å². The van der Waals surface area contributed by atoms with Gasteiger partial charge in [-0.25, -0.2) is 0 Å². The summed E-state index contributed by atoms with van der Waals surface area (Å²) in [5, 5.41) is 7.57. The Morgan fingerprint density at radius 2 is 1.81 bits per heavy atom. The van der Waals surface area contributed by atoms with Crippen LogP contribution in [-0.4, -0.2) is 67.2 Å². The van der Waals surface area contributed by atoms with Crippen LogP contribution in [0.2, 0.25) is 0 Å². The molecule has 4 rings (SSSR count). The number of anilines is 1. The van der Waals surface area contributed by atoms with E-state index in [1.54, 1.807) is 31.2 Å². The second-order valence-corrected chi connectivity index (χ2v) is 7.74. The fourth-order valence-electron chi connectivity index (χ4n) is 4.88. The minimum absolute atomic E-state index is 0.0707. The highest BCUT2D eigenvalue weighted by atomic mass is 16.7. The maximum Gasteiger partial charge on any atom is 0.312 e. The smallest absolute Gasteiger partial charge is 0.312 e. The zero-order valence-corrected chi connectivity index (χ0v) is 18.3. The lowest BCUT2D eigenvalue weighted by Crippen LogP contribution is -2.66. The van der Waals surface area contributed by atoms with Crippen LogP contribution < -0.4 is 4.90 Å². The predicted molar refractivity (Wildman–Crippen MR) is 109 cm³/mol. The lowest BCUT2D eigenvalue weighted by atomic mass is 9.77. The molecule has 174 valence electrons. The number of hydrogen-bond acceptors (Lipinski definition) is 9. The Labute approximate surface area is 185 Å². The lowest BCUT2D eigenvalue weighted by Gasteiger charge is -2.49. The number of amides is 1. The number of para-hydroxylation sites is 1. The highest BCUT2D eigenvalue weighted by Crippen LogP contribution is 2.59. The Balaban J connectivity index is 0.000000913. The van der Waals surface area contributed by atoms with Crippen LogP contribution in [0.25, 0.3) is 0 Å². The van der Waals surface area contributed by atoms with Crippen molar-refractivity contribution in [1.82, 2.24) is 0 Å². The summed E-state index contributed by atoms with van der Waals surface area (Å²) in [6.45, 7) is 4.33. The number of ether oxygens (including phenoxy) is 4. The van der Waals surface area contributed by atoms with Gasteiger partial charge in [0.2, 0.25) is 11.7 Å². The summed E-state index contributed by atoms with van der Waals surface area (Å²) in [5.74, 6) is -6.37. The van der Waals surface area contributed by atoms with Crippen molar-refractivity contribution in [2.24, 2.45) is 17.8 Å². The second-order valence-electron chi connectivity index (χ2n) is 7.74. The first-order valence-corrected chi connectivity index (χ1v) is 10.3. The van der Waals surface area contributed by atoms with E-state index < -0.39 is 53.7 Å². The largest absolute Gasteiger partial charge is 0.469 e. The Morgan fingerprint density at radius 3 is 2.34 bits per heavy atom. The van der Waals surface area contributed by atoms with Crippen molar-refractivity contribution in [3.05, 3.63) is 30.3 Å². The number of methoxy groups -OCH3 is 1. The van der Waals surface area contributed by atoms with Gasteiger partial charge < -0.3 is 29.0 Å². The molecule has 2 bridgehead atoms. The molecule has 2 aliphatic heterocycles. The minimum atomic E-state index is -1.52. The molecule has 32 heavy (non-hydrogen) atoms. The van der Waals surface area contributed by atoms with Crippen LogP contribution >= 0.6 is 0 Å². The summed E-state index contributed by atoms with van der Waals surface area (Å²) in [4.78, 5) is 51.0. The molecule has 6 atom stereocenters. The summed E-state index contributed by atoms with van der Waals surface area (Å²) < 4.78 is 22.0. The highest BCUT2D eigenvalue weighted by Gasteiger charge is 2.77. The SMILES string of the molecule is CCO.COC(=O)[C@@H]1[C@@H]2O[C@]3(OC(C)=O)CN(c4ccccc4)C(=O)[C@H]1[C@@H]3[C@H]2OC(C)=O. The van der Waals surface area contributed by atoms with Gasteiger partial charge in [-0.1, -0.05) is 18.2 Å². The summed E-state index contributed by atoms with van der Waals surface area (Å²) in [5.41, 5.74) is 0.578. The third-order valence-electron chi connectivity index (χ3n) is 5.74. The van der Waals surface area contributed by atoms with E-state index in [-0.39, 0.29) is 19.1 Å². The monoisotopic (exact) mass is 449 g/mol. The second kappa shape index (κ2) is 9.25. The van der Waals surface area contributed by atoms with Crippen LogP contribution in [0.4, 0.5) is 5.69 Å². The molecule has 1 N–H and O–H groups in total. The number of rotatable bonds is 4. The first kappa shape index (κ1) is 23.7. The number of piperidine rings is 1. The Kier molecular flexibility index (Phi) is 6.85. The van der Waals surface area contributed by atoms with Crippen LogP contribution in [0.15, 0.2) is 30.3 Å². The van der Waals surface area contributed by atoms with E-state index in [4.69, 9.17) is 24.1 Å².